The average molecular weight is 247 g/mol. The van der Waals surface area contributed by atoms with Crippen molar-refractivity contribution in [2.24, 2.45) is 12.9 Å². The molecule has 0 unspecified atom stereocenters. The molecule has 4 N–H and O–H groups in total. The fraction of sp³-hybridized carbons (Fsp3) is 0.364. The Morgan fingerprint density at radius 3 is 2.78 bits per heavy atom. The van der Waals surface area contributed by atoms with E-state index in [0.717, 1.165) is 18.8 Å². The summed E-state index contributed by atoms with van der Waals surface area (Å²) in [6.07, 6.45) is 2.67. The molecule has 18 heavy (non-hydrogen) atoms. The highest BCUT2D eigenvalue weighted by molar-refractivity contribution is 5.46. The lowest BCUT2D eigenvalue weighted by Gasteiger charge is -2.08. The van der Waals surface area contributed by atoms with Gasteiger partial charge in [0.1, 0.15) is 17.5 Å². The van der Waals surface area contributed by atoms with E-state index >= 15 is 0 Å². The largest absolute Gasteiger partial charge is 0.370 e. The first-order valence-electron chi connectivity index (χ1n) is 5.72. The van der Waals surface area contributed by atoms with E-state index in [1.807, 2.05) is 24.7 Å². The van der Waals surface area contributed by atoms with Gasteiger partial charge in [0.15, 0.2) is 0 Å². The Hall–Kier alpha value is -2.15. The van der Waals surface area contributed by atoms with Crippen LogP contribution < -0.4 is 16.6 Å². The van der Waals surface area contributed by atoms with Gasteiger partial charge in [-0.3, -0.25) is 4.68 Å². The number of hydrogen-bond acceptors (Lipinski definition) is 6. The van der Waals surface area contributed by atoms with Crippen molar-refractivity contribution in [2.45, 2.75) is 13.3 Å². The second-order valence-electron chi connectivity index (χ2n) is 3.95. The molecule has 2 aromatic heterocycles. The molecule has 0 fully saturated rings. The highest BCUT2D eigenvalue weighted by Gasteiger charge is 2.02. The molecule has 0 radical (unpaired) electrons. The first kappa shape index (κ1) is 12.3. The van der Waals surface area contributed by atoms with Crippen LogP contribution in [0.3, 0.4) is 0 Å². The molecule has 2 heterocycles. The van der Waals surface area contributed by atoms with Crippen LogP contribution in [-0.4, -0.2) is 26.3 Å². The Kier molecular flexibility index (Phi) is 3.73. The van der Waals surface area contributed by atoms with Gasteiger partial charge in [-0.05, 0) is 13.0 Å². The second kappa shape index (κ2) is 5.46. The lowest BCUT2D eigenvalue weighted by Crippen LogP contribution is -2.13. The maximum atomic E-state index is 5.33. The van der Waals surface area contributed by atoms with E-state index in [0.29, 0.717) is 11.6 Å². The minimum absolute atomic E-state index is 0.602. The molecule has 2 rings (SSSR count). The maximum absolute atomic E-state index is 5.33. The quantitative estimate of drug-likeness (QED) is 0.525. The summed E-state index contributed by atoms with van der Waals surface area (Å²) in [5.74, 6) is 7.37. The first-order valence-corrected chi connectivity index (χ1v) is 5.72. The van der Waals surface area contributed by atoms with Crippen molar-refractivity contribution in [3.63, 3.8) is 0 Å². The molecule has 2 aromatic rings. The van der Waals surface area contributed by atoms with Crippen LogP contribution in [0.15, 0.2) is 18.3 Å². The Morgan fingerprint density at radius 1 is 1.33 bits per heavy atom. The summed E-state index contributed by atoms with van der Waals surface area (Å²) in [5.41, 5.74) is 3.69. The second-order valence-corrected chi connectivity index (χ2v) is 3.95. The van der Waals surface area contributed by atoms with E-state index in [1.54, 1.807) is 12.3 Å². The van der Waals surface area contributed by atoms with Crippen LogP contribution in [0.5, 0.6) is 0 Å². The molecule has 0 aliphatic rings. The number of rotatable bonds is 5. The molecule has 0 aliphatic heterocycles. The topological polar surface area (TPSA) is 93.7 Å². The average Bonchev–Trinajstić information content (AvgIpc) is 2.74. The van der Waals surface area contributed by atoms with Crippen LogP contribution in [0.2, 0.25) is 0 Å². The number of hydrogen-bond donors (Lipinski definition) is 3. The molecule has 7 nitrogen and oxygen atoms in total. The highest BCUT2D eigenvalue weighted by Crippen LogP contribution is 2.09. The molecule has 0 bridgehead atoms. The predicted molar refractivity (Wildman–Crippen MR) is 70.0 cm³/mol. The van der Waals surface area contributed by atoms with E-state index in [4.69, 9.17) is 5.84 Å². The normalized spacial score (nSPS) is 10.4. The summed E-state index contributed by atoms with van der Waals surface area (Å²) in [4.78, 5) is 8.41. The summed E-state index contributed by atoms with van der Waals surface area (Å²) >= 11 is 0. The van der Waals surface area contributed by atoms with Gasteiger partial charge in [-0.2, -0.15) is 5.10 Å². The predicted octanol–water partition coefficient (Wildman–Crippen LogP) is 0.459. The molecule has 0 atom stereocenters. The van der Waals surface area contributed by atoms with E-state index in [2.05, 4.69) is 25.8 Å². The molecule has 0 aromatic carbocycles. The number of aryl methyl sites for hydroxylation is 2. The SMILES string of the molecule is Cc1nc(NN)cc(NCCc2ccnn2C)n1. The van der Waals surface area contributed by atoms with E-state index in [1.165, 1.54) is 5.69 Å². The molecular formula is C11H17N7. The zero-order valence-electron chi connectivity index (χ0n) is 10.5. The van der Waals surface area contributed by atoms with Gasteiger partial charge in [0.25, 0.3) is 0 Å². The Labute approximate surface area is 105 Å². The van der Waals surface area contributed by atoms with Gasteiger partial charge in [0.05, 0.1) is 0 Å². The minimum Gasteiger partial charge on any atom is -0.370 e. The number of hydrazine groups is 1. The lowest BCUT2D eigenvalue weighted by molar-refractivity contribution is 0.711. The third-order valence-corrected chi connectivity index (χ3v) is 2.60. The number of anilines is 2. The van der Waals surface area contributed by atoms with Gasteiger partial charge < -0.3 is 10.7 Å². The van der Waals surface area contributed by atoms with Crippen LogP contribution in [0.25, 0.3) is 0 Å². The number of nitrogens with zero attached hydrogens (tertiary/aromatic N) is 4. The van der Waals surface area contributed by atoms with Crippen LogP contribution in [0.1, 0.15) is 11.5 Å². The number of nitrogens with one attached hydrogen (secondary N) is 2. The van der Waals surface area contributed by atoms with E-state index in [9.17, 15) is 0 Å². The summed E-state index contributed by atoms with van der Waals surface area (Å²) in [6.45, 7) is 2.60. The van der Waals surface area contributed by atoms with Crippen molar-refractivity contribution >= 4 is 11.6 Å². The lowest BCUT2D eigenvalue weighted by atomic mass is 10.3. The zero-order valence-corrected chi connectivity index (χ0v) is 10.5. The first-order chi connectivity index (χ1) is 8.69. The standard InChI is InChI=1S/C11H17N7/c1-8-15-10(7-11(16-8)17-12)13-5-3-9-4-6-14-18(9)2/h4,6-7H,3,5,12H2,1-2H3,(H2,13,15,16,17). The molecule has 0 amide bonds. The van der Waals surface area contributed by atoms with Gasteiger partial charge in [-0.15, -0.1) is 0 Å². The highest BCUT2D eigenvalue weighted by atomic mass is 15.3. The smallest absolute Gasteiger partial charge is 0.145 e. The zero-order chi connectivity index (χ0) is 13.0. The fourth-order valence-corrected chi connectivity index (χ4v) is 1.70. The molecule has 7 heteroatoms. The molecule has 0 aliphatic carbocycles. The Balaban J connectivity index is 1.94. The Bertz CT molecular complexity index is 520. The van der Waals surface area contributed by atoms with Gasteiger partial charge in [-0.1, -0.05) is 0 Å². The summed E-state index contributed by atoms with van der Waals surface area (Å²) < 4.78 is 1.86. The number of nitrogens with two attached hydrogens (primary N) is 1. The van der Waals surface area contributed by atoms with Crippen molar-refractivity contribution in [1.29, 1.82) is 0 Å². The van der Waals surface area contributed by atoms with Crippen molar-refractivity contribution in [3.05, 3.63) is 29.8 Å². The summed E-state index contributed by atoms with van der Waals surface area (Å²) in [7, 11) is 1.93. The monoisotopic (exact) mass is 247 g/mol. The summed E-state index contributed by atoms with van der Waals surface area (Å²) in [6, 6.07) is 3.77. The molecule has 0 saturated carbocycles. The van der Waals surface area contributed by atoms with Crippen molar-refractivity contribution in [3.8, 4) is 0 Å². The third-order valence-electron chi connectivity index (χ3n) is 2.60. The van der Waals surface area contributed by atoms with E-state index in [-0.39, 0.29) is 0 Å². The fourth-order valence-electron chi connectivity index (χ4n) is 1.70. The van der Waals surface area contributed by atoms with Crippen LogP contribution in [0.4, 0.5) is 11.6 Å². The van der Waals surface area contributed by atoms with Gasteiger partial charge in [-0.25, -0.2) is 15.8 Å². The van der Waals surface area contributed by atoms with Crippen molar-refractivity contribution < 1.29 is 0 Å². The molecule has 96 valence electrons. The number of nitrogen functional groups attached to an aromatic ring is 1. The summed E-state index contributed by atoms with van der Waals surface area (Å²) in [5, 5.41) is 7.36. The third kappa shape index (κ3) is 2.95. The van der Waals surface area contributed by atoms with Crippen LogP contribution >= 0.6 is 0 Å². The van der Waals surface area contributed by atoms with Crippen molar-refractivity contribution in [2.75, 3.05) is 17.3 Å². The minimum atomic E-state index is 0.602. The molecular weight excluding hydrogens is 230 g/mol. The molecule has 0 saturated heterocycles. The van der Waals surface area contributed by atoms with E-state index < -0.39 is 0 Å². The van der Waals surface area contributed by atoms with Crippen LogP contribution in [0, 0.1) is 6.92 Å². The van der Waals surface area contributed by atoms with Crippen LogP contribution in [-0.2, 0) is 13.5 Å². The van der Waals surface area contributed by atoms with Gasteiger partial charge in [0.2, 0.25) is 0 Å². The van der Waals surface area contributed by atoms with Gasteiger partial charge in [0, 0.05) is 38.0 Å². The molecule has 0 spiro atoms. The Morgan fingerprint density at radius 2 is 2.11 bits per heavy atom. The number of aromatic nitrogens is 4. The van der Waals surface area contributed by atoms with Crippen molar-refractivity contribution in [1.82, 2.24) is 19.7 Å². The maximum Gasteiger partial charge on any atom is 0.145 e. The van der Waals surface area contributed by atoms with Gasteiger partial charge >= 0.3 is 0 Å².